The van der Waals surface area contributed by atoms with Gasteiger partial charge in [-0.25, -0.2) is 5.06 Å². The summed E-state index contributed by atoms with van der Waals surface area (Å²) in [5, 5.41) is 1.78. The predicted molar refractivity (Wildman–Crippen MR) is 43.4 cm³/mol. The van der Waals surface area contributed by atoms with E-state index in [9.17, 15) is 0 Å². The first-order chi connectivity index (χ1) is 4.34. The van der Waals surface area contributed by atoms with Crippen molar-refractivity contribution in [3.8, 4) is 0 Å². The van der Waals surface area contributed by atoms with Crippen LogP contribution in [0.2, 0.25) is 0 Å². The molecule has 9 heavy (non-hydrogen) atoms. The number of hydrogen-bond donors (Lipinski definition) is 0. The van der Waals surface area contributed by atoms with Crippen LogP contribution in [0.1, 0.15) is 6.92 Å². The first-order valence-corrected chi connectivity index (χ1v) is 4.31. The highest BCUT2D eigenvalue weighted by Crippen LogP contribution is 2.17. The molecular weight excluding hydrogens is 154 g/mol. The molecule has 0 bridgehead atoms. The molecular formula is C5H9NOS2. The van der Waals surface area contributed by atoms with E-state index in [0.29, 0.717) is 6.61 Å². The molecule has 0 aromatic heterocycles. The first kappa shape index (κ1) is 7.31. The molecule has 0 aromatic rings. The Labute approximate surface area is 64.5 Å². The molecule has 4 heteroatoms. The Kier molecular flexibility index (Phi) is 2.75. The molecule has 0 unspecified atom stereocenters. The number of hydrogen-bond acceptors (Lipinski definition) is 3. The average Bonchev–Trinajstić information content (AvgIpc) is 2.18. The van der Waals surface area contributed by atoms with Crippen molar-refractivity contribution in [3.05, 3.63) is 0 Å². The second kappa shape index (κ2) is 3.39. The van der Waals surface area contributed by atoms with Crippen LogP contribution in [0.5, 0.6) is 0 Å². The van der Waals surface area contributed by atoms with Crippen molar-refractivity contribution in [2.24, 2.45) is 0 Å². The monoisotopic (exact) mass is 163 g/mol. The maximum absolute atomic E-state index is 5.19. The van der Waals surface area contributed by atoms with Gasteiger partial charge >= 0.3 is 0 Å². The van der Waals surface area contributed by atoms with Gasteiger partial charge in [0.05, 0.1) is 13.2 Å². The molecule has 1 rings (SSSR count). The number of hydroxylamine groups is 2. The normalized spacial score (nSPS) is 19.2. The quantitative estimate of drug-likeness (QED) is 0.568. The van der Waals surface area contributed by atoms with Crippen LogP contribution in [0.15, 0.2) is 0 Å². The molecule has 1 heterocycles. The molecule has 2 nitrogen and oxygen atoms in total. The van der Waals surface area contributed by atoms with E-state index in [1.807, 2.05) is 6.92 Å². The lowest BCUT2D eigenvalue weighted by Gasteiger charge is -2.13. The minimum Gasteiger partial charge on any atom is -0.272 e. The number of rotatable bonds is 2. The van der Waals surface area contributed by atoms with Gasteiger partial charge in [0.2, 0.25) is 0 Å². The van der Waals surface area contributed by atoms with E-state index in [2.05, 4.69) is 0 Å². The molecule has 0 spiro atoms. The molecule has 0 atom stereocenters. The summed E-state index contributed by atoms with van der Waals surface area (Å²) < 4.78 is 0.872. The van der Waals surface area contributed by atoms with Crippen LogP contribution in [-0.2, 0) is 4.84 Å². The molecule has 0 amide bonds. The average molecular weight is 163 g/mol. The van der Waals surface area contributed by atoms with Crippen LogP contribution in [-0.4, -0.2) is 28.3 Å². The number of nitrogens with zero attached hydrogens (tertiary/aromatic N) is 1. The van der Waals surface area contributed by atoms with E-state index in [0.717, 1.165) is 16.6 Å². The summed E-state index contributed by atoms with van der Waals surface area (Å²) >= 11 is 6.65. The van der Waals surface area contributed by atoms with Gasteiger partial charge in [0, 0.05) is 5.75 Å². The van der Waals surface area contributed by atoms with Crippen LogP contribution >= 0.6 is 24.0 Å². The molecule has 1 aliphatic rings. The Balaban J connectivity index is 2.31. The van der Waals surface area contributed by atoms with Crippen LogP contribution < -0.4 is 0 Å². The van der Waals surface area contributed by atoms with Gasteiger partial charge in [-0.3, -0.25) is 4.84 Å². The molecule has 0 aliphatic carbocycles. The van der Waals surface area contributed by atoms with Gasteiger partial charge in [-0.05, 0) is 6.92 Å². The van der Waals surface area contributed by atoms with Gasteiger partial charge in [0.15, 0.2) is 4.32 Å². The van der Waals surface area contributed by atoms with Gasteiger partial charge in [-0.1, -0.05) is 24.0 Å². The van der Waals surface area contributed by atoms with Gasteiger partial charge in [0.25, 0.3) is 0 Å². The Bertz CT molecular complexity index is 118. The second-order valence-corrected chi connectivity index (χ2v) is 3.36. The fourth-order valence-corrected chi connectivity index (χ4v) is 1.77. The van der Waals surface area contributed by atoms with Crippen LogP contribution in [0, 0.1) is 0 Å². The lowest BCUT2D eigenvalue weighted by molar-refractivity contribution is -0.0812. The summed E-state index contributed by atoms with van der Waals surface area (Å²) in [5.41, 5.74) is 0. The number of thioether (sulfide) groups is 1. The highest BCUT2D eigenvalue weighted by molar-refractivity contribution is 8.23. The lowest BCUT2D eigenvalue weighted by atomic mass is 10.7. The first-order valence-electron chi connectivity index (χ1n) is 2.92. The molecule has 0 aromatic carbocycles. The van der Waals surface area contributed by atoms with E-state index in [1.165, 1.54) is 0 Å². The lowest BCUT2D eigenvalue weighted by Crippen LogP contribution is -2.22. The Morgan fingerprint density at radius 2 is 2.67 bits per heavy atom. The van der Waals surface area contributed by atoms with Gasteiger partial charge < -0.3 is 0 Å². The Morgan fingerprint density at radius 1 is 1.89 bits per heavy atom. The third-order valence-corrected chi connectivity index (χ3v) is 2.40. The van der Waals surface area contributed by atoms with E-state index in [-0.39, 0.29) is 0 Å². The minimum atomic E-state index is 0.709. The molecule has 52 valence electrons. The van der Waals surface area contributed by atoms with Crippen molar-refractivity contribution in [2.75, 3.05) is 18.9 Å². The zero-order valence-electron chi connectivity index (χ0n) is 5.29. The van der Waals surface area contributed by atoms with Gasteiger partial charge in [-0.2, -0.15) is 0 Å². The largest absolute Gasteiger partial charge is 0.272 e. The minimum absolute atomic E-state index is 0.709. The Morgan fingerprint density at radius 3 is 3.11 bits per heavy atom. The summed E-state index contributed by atoms with van der Waals surface area (Å²) in [6.45, 7) is 3.61. The maximum Gasteiger partial charge on any atom is 0.160 e. The summed E-state index contributed by atoms with van der Waals surface area (Å²) in [5.74, 6) is 1.07. The molecule has 0 N–H and O–H groups in total. The predicted octanol–water partition coefficient (Wildman–Crippen LogP) is 1.27. The molecule has 0 saturated carbocycles. The van der Waals surface area contributed by atoms with E-state index >= 15 is 0 Å². The molecule has 1 saturated heterocycles. The summed E-state index contributed by atoms with van der Waals surface area (Å²) in [6, 6.07) is 0. The molecule has 1 fully saturated rings. The summed E-state index contributed by atoms with van der Waals surface area (Å²) in [4.78, 5) is 5.19. The summed E-state index contributed by atoms with van der Waals surface area (Å²) in [7, 11) is 0. The Hall–Kier alpha value is 0.200. The van der Waals surface area contributed by atoms with Gasteiger partial charge in [-0.15, -0.1) is 0 Å². The van der Waals surface area contributed by atoms with Crippen LogP contribution in [0.25, 0.3) is 0 Å². The van der Waals surface area contributed by atoms with E-state index in [1.54, 1.807) is 16.8 Å². The third-order valence-electron chi connectivity index (χ3n) is 1.01. The fourth-order valence-electron chi connectivity index (χ4n) is 0.652. The van der Waals surface area contributed by atoms with Crippen LogP contribution in [0.3, 0.4) is 0 Å². The second-order valence-electron chi connectivity index (χ2n) is 1.63. The SMILES string of the molecule is CCON1CCSC1=S. The van der Waals surface area contributed by atoms with E-state index < -0.39 is 0 Å². The third kappa shape index (κ3) is 1.81. The zero-order chi connectivity index (χ0) is 6.69. The highest BCUT2D eigenvalue weighted by atomic mass is 32.2. The highest BCUT2D eigenvalue weighted by Gasteiger charge is 2.16. The van der Waals surface area contributed by atoms with Crippen molar-refractivity contribution >= 4 is 28.3 Å². The smallest absolute Gasteiger partial charge is 0.160 e. The van der Waals surface area contributed by atoms with Crippen LogP contribution in [0.4, 0.5) is 0 Å². The molecule has 0 radical (unpaired) electrons. The topological polar surface area (TPSA) is 12.5 Å². The fraction of sp³-hybridized carbons (Fsp3) is 0.800. The molecule has 1 aliphatic heterocycles. The van der Waals surface area contributed by atoms with E-state index in [4.69, 9.17) is 17.1 Å². The van der Waals surface area contributed by atoms with Crippen molar-refractivity contribution in [2.45, 2.75) is 6.92 Å². The van der Waals surface area contributed by atoms with Crippen molar-refractivity contribution in [1.82, 2.24) is 5.06 Å². The van der Waals surface area contributed by atoms with Crippen molar-refractivity contribution in [3.63, 3.8) is 0 Å². The summed E-state index contributed by atoms with van der Waals surface area (Å²) in [6.07, 6.45) is 0. The van der Waals surface area contributed by atoms with Gasteiger partial charge in [0.1, 0.15) is 0 Å². The maximum atomic E-state index is 5.19. The zero-order valence-corrected chi connectivity index (χ0v) is 6.93. The number of thiocarbonyl (C=S) groups is 1. The van der Waals surface area contributed by atoms with Crippen molar-refractivity contribution in [1.29, 1.82) is 0 Å². The van der Waals surface area contributed by atoms with Crippen molar-refractivity contribution < 1.29 is 4.84 Å². The standard InChI is InChI=1S/C5H9NOS2/c1-2-7-6-3-4-9-5(6)8/h2-4H2,1H3.